The third kappa shape index (κ3) is 4.26. The van der Waals surface area contributed by atoms with Gasteiger partial charge in [-0.05, 0) is 68.7 Å². The maximum absolute atomic E-state index is 6.27. The standard InChI is InChI=1S/C23H30N2O3/c1-24-23(22-16-27-20-8-3-4-9-21(20)28-22)18-10-12-25(13-11-18)15-17-6-5-7-19(14-17)26-2/h3-9,14,18,22-24H,10-13,15-16H2,1-2H3. The lowest BCUT2D eigenvalue weighted by Crippen LogP contribution is -2.53. The Labute approximate surface area is 167 Å². The highest BCUT2D eigenvalue weighted by atomic mass is 16.6. The number of ether oxygens (including phenoxy) is 3. The van der Waals surface area contributed by atoms with Crippen LogP contribution >= 0.6 is 0 Å². The molecule has 2 aromatic rings. The minimum atomic E-state index is 0.0508. The molecule has 2 unspecified atom stereocenters. The topological polar surface area (TPSA) is 43.0 Å². The van der Waals surface area contributed by atoms with E-state index < -0.39 is 0 Å². The fourth-order valence-electron chi connectivity index (χ4n) is 4.44. The Hall–Kier alpha value is -2.24. The smallest absolute Gasteiger partial charge is 0.161 e. The molecule has 5 heteroatoms. The van der Waals surface area contributed by atoms with Crippen molar-refractivity contribution in [1.82, 2.24) is 10.2 Å². The molecule has 0 aromatic heterocycles. The molecule has 0 bridgehead atoms. The molecule has 2 aliphatic heterocycles. The maximum Gasteiger partial charge on any atom is 0.161 e. The number of likely N-dealkylation sites (tertiary alicyclic amines) is 1. The lowest BCUT2D eigenvalue weighted by Gasteiger charge is -2.40. The fourth-order valence-corrected chi connectivity index (χ4v) is 4.44. The summed E-state index contributed by atoms with van der Waals surface area (Å²) < 4.78 is 17.6. The molecule has 1 N–H and O–H groups in total. The van der Waals surface area contributed by atoms with Crippen LogP contribution in [0.1, 0.15) is 18.4 Å². The molecule has 0 spiro atoms. The number of piperidine rings is 1. The number of hydrogen-bond donors (Lipinski definition) is 1. The van der Waals surface area contributed by atoms with Crippen molar-refractivity contribution in [2.24, 2.45) is 5.92 Å². The van der Waals surface area contributed by atoms with E-state index in [9.17, 15) is 0 Å². The van der Waals surface area contributed by atoms with E-state index >= 15 is 0 Å². The summed E-state index contributed by atoms with van der Waals surface area (Å²) in [6, 6.07) is 16.6. The number of fused-ring (bicyclic) bond motifs is 1. The first-order valence-corrected chi connectivity index (χ1v) is 10.2. The van der Waals surface area contributed by atoms with Gasteiger partial charge in [-0.15, -0.1) is 0 Å². The van der Waals surface area contributed by atoms with Crippen molar-refractivity contribution in [2.45, 2.75) is 31.5 Å². The molecule has 2 aromatic carbocycles. The Morgan fingerprint density at radius 1 is 1.11 bits per heavy atom. The molecule has 0 saturated carbocycles. The third-order valence-corrected chi connectivity index (χ3v) is 5.94. The largest absolute Gasteiger partial charge is 0.497 e. The predicted octanol–water partition coefficient (Wildman–Crippen LogP) is 3.34. The highest BCUT2D eigenvalue weighted by Crippen LogP contribution is 2.34. The summed E-state index contributed by atoms with van der Waals surface area (Å²) in [6.07, 6.45) is 2.38. The molecule has 1 fully saturated rings. The summed E-state index contributed by atoms with van der Waals surface area (Å²) in [5.74, 6) is 3.22. The van der Waals surface area contributed by atoms with E-state index in [1.165, 1.54) is 5.56 Å². The number of rotatable bonds is 6. The number of likely N-dealkylation sites (N-methyl/N-ethyl adjacent to an activating group) is 1. The lowest BCUT2D eigenvalue weighted by atomic mass is 9.86. The van der Waals surface area contributed by atoms with Crippen molar-refractivity contribution in [1.29, 1.82) is 0 Å². The van der Waals surface area contributed by atoms with Gasteiger partial charge in [0.05, 0.1) is 13.2 Å². The zero-order valence-electron chi connectivity index (χ0n) is 16.8. The van der Waals surface area contributed by atoms with E-state index in [0.717, 1.165) is 49.7 Å². The summed E-state index contributed by atoms with van der Waals surface area (Å²) in [5.41, 5.74) is 1.31. The molecule has 150 valence electrons. The number of benzene rings is 2. The minimum Gasteiger partial charge on any atom is -0.497 e. The van der Waals surface area contributed by atoms with Gasteiger partial charge < -0.3 is 19.5 Å². The molecule has 1 saturated heterocycles. The van der Waals surface area contributed by atoms with E-state index in [-0.39, 0.29) is 6.10 Å². The lowest BCUT2D eigenvalue weighted by molar-refractivity contribution is 0.0308. The predicted molar refractivity (Wildman–Crippen MR) is 110 cm³/mol. The van der Waals surface area contributed by atoms with Crippen molar-refractivity contribution >= 4 is 0 Å². The molecule has 28 heavy (non-hydrogen) atoms. The van der Waals surface area contributed by atoms with E-state index in [0.29, 0.717) is 18.6 Å². The second-order valence-corrected chi connectivity index (χ2v) is 7.69. The number of para-hydroxylation sites is 2. The Bertz CT molecular complexity index is 774. The van der Waals surface area contributed by atoms with Crippen LogP contribution in [-0.2, 0) is 6.54 Å². The average molecular weight is 383 g/mol. The number of nitrogens with zero attached hydrogens (tertiary/aromatic N) is 1. The van der Waals surface area contributed by atoms with Gasteiger partial charge in [0.1, 0.15) is 18.5 Å². The van der Waals surface area contributed by atoms with Gasteiger partial charge in [-0.2, -0.15) is 0 Å². The van der Waals surface area contributed by atoms with Crippen molar-refractivity contribution < 1.29 is 14.2 Å². The molecule has 0 radical (unpaired) electrons. The molecular weight excluding hydrogens is 352 g/mol. The van der Waals surface area contributed by atoms with Gasteiger partial charge in [0.25, 0.3) is 0 Å². The third-order valence-electron chi connectivity index (χ3n) is 5.94. The second-order valence-electron chi connectivity index (χ2n) is 7.69. The van der Waals surface area contributed by atoms with Crippen LogP contribution in [0.3, 0.4) is 0 Å². The summed E-state index contributed by atoms with van der Waals surface area (Å²) in [5, 5.41) is 3.51. The molecule has 0 amide bonds. The molecular formula is C23H30N2O3. The fraction of sp³-hybridized carbons (Fsp3) is 0.478. The number of nitrogens with one attached hydrogen (secondary N) is 1. The molecule has 4 rings (SSSR count). The molecule has 2 heterocycles. The van der Waals surface area contributed by atoms with Gasteiger partial charge in [-0.1, -0.05) is 24.3 Å². The number of hydrogen-bond acceptors (Lipinski definition) is 5. The Morgan fingerprint density at radius 3 is 2.64 bits per heavy atom. The van der Waals surface area contributed by atoms with Crippen LogP contribution in [0.25, 0.3) is 0 Å². The molecule has 2 aliphatic rings. The second kappa shape index (κ2) is 8.84. The zero-order chi connectivity index (χ0) is 19.3. The van der Waals surface area contributed by atoms with Crippen LogP contribution < -0.4 is 19.5 Å². The van der Waals surface area contributed by atoms with Crippen LogP contribution in [0.15, 0.2) is 48.5 Å². The quantitative estimate of drug-likeness (QED) is 0.830. The summed E-state index contributed by atoms with van der Waals surface area (Å²) >= 11 is 0. The van der Waals surface area contributed by atoms with Crippen LogP contribution in [-0.4, -0.2) is 50.9 Å². The van der Waals surface area contributed by atoms with Crippen molar-refractivity contribution in [2.75, 3.05) is 33.9 Å². The Balaban J connectivity index is 1.33. The van der Waals surface area contributed by atoms with Gasteiger partial charge in [0.2, 0.25) is 0 Å². The highest BCUT2D eigenvalue weighted by Gasteiger charge is 2.35. The van der Waals surface area contributed by atoms with E-state index in [1.807, 2.05) is 37.4 Å². The molecule has 2 atom stereocenters. The Morgan fingerprint density at radius 2 is 1.89 bits per heavy atom. The average Bonchev–Trinajstić information content (AvgIpc) is 2.75. The summed E-state index contributed by atoms with van der Waals surface area (Å²) in [4.78, 5) is 2.53. The summed E-state index contributed by atoms with van der Waals surface area (Å²) in [7, 11) is 3.76. The highest BCUT2D eigenvalue weighted by molar-refractivity contribution is 5.40. The van der Waals surface area contributed by atoms with Gasteiger partial charge in [-0.25, -0.2) is 0 Å². The van der Waals surface area contributed by atoms with Crippen molar-refractivity contribution in [3.05, 3.63) is 54.1 Å². The van der Waals surface area contributed by atoms with Gasteiger partial charge >= 0.3 is 0 Å². The number of methoxy groups -OCH3 is 1. The van der Waals surface area contributed by atoms with Gasteiger partial charge in [0.15, 0.2) is 11.5 Å². The molecule has 0 aliphatic carbocycles. The van der Waals surface area contributed by atoms with E-state index in [1.54, 1.807) is 7.11 Å². The van der Waals surface area contributed by atoms with Crippen LogP contribution in [0.4, 0.5) is 0 Å². The minimum absolute atomic E-state index is 0.0508. The SMILES string of the molecule is CNC(C1CCN(Cc2cccc(OC)c2)CC1)C1COc2ccccc2O1. The first kappa shape index (κ1) is 19.1. The molecule has 5 nitrogen and oxygen atoms in total. The van der Waals surface area contributed by atoms with Crippen LogP contribution in [0.2, 0.25) is 0 Å². The zero-order valence-corrected chi connectivity index (χ0v) is 16.8. The van der Waals surface area contributed by atoms with Crippen molar-refractivity contribution in [3.63, 3.8) is 0 Å². The van der Waals surface area contributed by atoms with E-state index in [2.05, 4.69) is 28.4 Å². The van der Waals surface area contributed by atoms with Crippen LogP contribution in [0, 0.1) is 5.92 Å². The van der Waals surface area contributed by atoms with Crippen LogP contribution in [0.5, 0.6) is 17.2 Å². The van der Waals surface area contributed by atoms with Gasteiger partial charge in [0, 0.05) is 6.54 Å². The normalized spacial score (nSPS) is 21.3. The Kier molecular flexibility index (Phi) is 6.03. The van der Waals surface area contributed by atoms with E-state index in [4.69, 9.17) is 14.2 Å². The first-order valence-electron chi connectivity index (χ1n) is 10.2. The maximum atomic E-state index is 6.27. The first-order chi connectivity index (χ1) is 13.8. The van der Waals surface area contributed by atoms with Gasteiger partial charge in [-0.3, -0.25) is 4.90 Å². The monoisotopic (exact) mass is 382 g/mol. The van der Waals surface area contributed by atoms with Crippen molar-refractivity contribution in [3.8, 4) is 17.2 Å². The summed E-state index contributed by atoms with van der Waals surface area (Å²) in [6.45, 7) is 3.78.